The average Bonchev–Trinajstić information content (AvgIpc) is 2.83. The Balaban J connectivity index is 1.86. The molecule has 1 heterocycles. The van der Waals surface area contributed by atoms with Crippen LogP contribution in [0.3, 0.4) is 0 Å². The normalized spacial score (nSPS) is 20.4. The van der Waals surface area contributed by atoms with Crippen molar-refractivity contribution < 1.29 is 31.3 Å². The van der Waals surface area contributed by atoms with E-state index < -0.39 is 44.1 Å². The first kappa shape index (κ1) is 24.4. The Hall–Kier alpha value is -3.73. The monoisotopic (exact) mass is 504 g/mol. The Labute approximate surface area is 199 Å². The molecule has 0 unspecified atom stereocenters. The zero-order chi connectivity index (χ0) is 25.6. The molecule has 2 atom stereocenters. The zero-order valence-electron chi connectivity index (χ0n) is 18.3. The second-order valence-corrected chi connectivity index (χ2v) is 9.89. The van der Waals surface area contributed by atoms with Crippen LogP contribution in [0.15, 0.2) is 83.8 Å². The maximum Gasteiger partial charge on any atom is 0.416 e. The van der Waals surface area contributed by atoms with Crippen molar-refractivity contribution in [2.75, 3.05) is 0 Å². The lowest BCUT2D eigenvalue weighted by molar-refractivity contribution is -0.384. The molecule has 0 spiro atoms. The van der Waals surface area contributed by atoms with E-state index in [0.29, 0.717) is 9.87 Å². The lowest BCUT2D eigenvalue weighted by Gasteiger charge is -2.55. The van der Waals surface area contributed by atoms with Crippen molar-refractivity contribution in [2.24, 2.45) is 0 Å². The van der Waals surface area contributed by atoms with Gasteiger partial charge in [-0.2, -0.15) is 13.2 Å². The van der Waals surface area contributed by atoms with Gasteiger partial charge in [-0.05, 0) is 41.8 Å². The van der Waals surface area contributed by atoms with Crippen LogP contribution in [0.2, 0.25) is 0 Å². The van der Waals surface area contributed by atoms with Gasteiger partial charge in [0, 0.05) is 12.1 Å². The van der Waals surface area contributed by atoms with E-state index in [1.807, 2.05) is 0 Å². The second kappa shape index (κ2) is 8.49. The number of halogens is 3. The highest BCUT2D eigenvalue weighted by atomic mass is 32.2. The quantitative estimate of drug-likeness (QED) is 0.260. The molecule has 7 nitrogen and oxygen atoms in total. The highest BCUT2D eigenvalue weighted by molar-refractivity contribution is 7.89. The summed E-state index contributed by atoms with van der Waals surface area (Å²) < 4.78 is 67.1. The van der Waals surface area contributed by atoms with Crippen LogP contribution in [0.4, 0.5) is 18.9 Å². The molecule has 1 amide bonds. The molecule has 35 heavy (non-hydrogen) atoms. The molecular weight excluding hydrogens is 485 g/mol. The third kappa shape index (κ3) is 3.85. The number of hydrogen-bond donors (Lipinski definition) is 0. The molecule has 3 aromatic carbocycles. The topological polar surface area (TPSA) is 97.6 Å². The number of benzene rings is 3. The van der Waals surface area contributed by atoms with E-state index in [1.165, 1.54) is 12.1 Å². The van der Waals surface area contributed by atoms with Crippen LogP contribution in [0.25, 0.3) is 0 Å². The Kier molecular flexibility index (Phi) is 5.92. The van der Waals surface area contributed by atoms with Gasteiger partial charge in [-0.1, -0.05) is 49.4 Å². The summed E-state index contributed by atoms with van der Waals surface area (Å²) in [4.78, 5) is 23.5. The summed E-state index contributed by atoms with van der Waals surface area (Å²) in [5.41, 5.74) is -1.81. The maximum atomic E-state index is 13.6. The highest BCUT2D eigenvalue weighted by Crippen LogP contribution is 2.56. The van der Waals surface area contributed by atoms with Gasteiger partial charge in [0.25, 0.3) is 15.7 Å². The Morgan fingerprint density at radius 2 is 1.54 bits per heavy atom. The van der Waals surface area contributed by atoms with E-state index in [1.54, 1.807) is 37.3 Å². The van der Waals surface area contributed by atoms with Crippen LogP contribution < -0.4 is 0 Å². The number of nitro groups is 1. The second-order valence-electron chi connectivity index (χ2n) is 8.07. The number of hydrogen-bond acceptors (Lipinski definition) is 5. The predicted molar refractivity (Wildman–Crippen MR) is 120 cm³/mol. The van der Waals surface area contributed by atoms with Gasteiger partial charge in [-0.3, -0.25) is 14.9 Å². The van der Waals surface area contributed by atoms with Gasteiger partial charge in [-0.15, -0.1) is 0 Å². The van der Waals surface area contributed by atoms with Crippen molar-refractivity contribution in [2.45, 2.75) is 35.9 Å². The molecule has 1 fully saturated rings. The van der Waals surface area contributed by atoms with Gasteiger partial charge in [0.2, 0.25) is 5.91 Å². The minimum Gasteiger partial charge on any atom is -0.273 e. The molecule has 182 valence electrons. The van der Waals surface area contributed by atoms with E-state index in [0.717, 1.165) is 36.4 Å². The summed E-state index contributed by atoms with van der Waals surface area (Å²) >= 11 is 0. The van der Waals surface area contributed by atoms with Crippen molar-refractivity contribution >= 4 is 21.6 Å². The molecule has 1 aliphatic rings. The van der Waals surface area contributed by atoms with E-state index >= 15 is 0 Å². The summed E-state index contributed by atoms with van der Waals surface area (Å²) in [5.74, 6) is -0.727. The average molecular weight is 504 g/mol. The lowest BCUT2D eigenvalue weighted by Crippen LogP contribution is -2.67. The Morgan fingerprint density at radius 3 is 2.03 bits per heavy atom. The summed E-state index contributed by atoms with van der Waals surface area (Å²) in [7, 11) is -4.48. The van der Waals surface area contributed by atoms with Gasteiger partial charge in [-0.25, -0.2) is 12.7 Å². The number of carbonyl (C=O) groups is 1. The first-order valence-electron chi connectivity index (χ1n) is 10.5. The summed E-state index contributed by atoms with van der Waals surface area (Å²) in [5, 5.41) is 10.9. The van der Waals surface area contributed by atoms with Crippen molar-refractivity contribution in [1.29, 1.82) is 0 Å². The smallest absolute Gasteiger partial charge is 0.273 e. The molecule has 0 saturated carbocycles. The molecule has 0 N–H and O–H groups in total. The molecule has 0 aliphatic carbocycles. The van der Waals surface area contributed by atoms with Crippen LogP contribution in [0.1, 0.15) is 36.1 Å². The summed E-state index contributed by atoms with van der Waals surface area (Å²) in [6, 6.07) is 15.5. The summed E-state index contributed by atoms with van der Waals surface area (Å²) in [6.45, 7) is 1.71. The molecule has 3 aromatic rings. The minimum atomic E-state index is -4.58. The number of nitrogens with zero attached hydrogens (tertiary/aromatic N) is 2. The van der Waals surface area contributed by atoms with Crippen LogP contribution >= 0.6 is 0 Å². The molecule has 1 saturated heterocycles. The fraction of sp³-hybridized carbons (Fsp3) is 0.208. The van der Waals surface area contributed by atoms with Crippen molar-refractivity contribution in [3.63, 3.8) is 0 Å². The number of β-lactam (4-membered cyclic amide) rings is 1. The minimum absolute atomic E-state index is 0.188. The molecule has 0 radical (unpaired) electrons. The number of sulfonamides is 1. The number of amides is 1. The van der Waals surface area contributed by atoms with E-state index in [-0.39, 0.29) is 22.6 Å². The van der Waals surface area contributed by atoms with Crippen molar-refractivity contribution in [3.8, 4) is 0 Å². The number of carbonyl (C=O) groups excluding carboxylic acids is 1. The Morgan fingerprint density at radius 1 is 0.971 bits per heavy atom. The zero-order valence-corrected chi connectivity index (χ0v) is 19.1. The summed E-state index contributed by atoms with van der Waals surface area (Å²) in [6.07, 6.45) is -4.40. The third-order valence-corrected chi connectivity index (χ3v) is 8.05. The number of rotatable bonds is 6. The van der Waals surface area contributed by atoms with Crippen LogP contribution in [0.5, 0.6) is 0 Å². The predicted octanol–water partition coefficient (Wildman–Crippen LogP) is 5.23. The van der Waals surface area contributed by atoms with Gasteiger partial charge in [0.05, 0.1) is 21.4 Å². The SMILES string of the molecule is CC[C@@]1(c2ccccc2)C(=O)N(S(=O)(=O)c2ccc([N+](=O)[O-])cc2)[C@H]1c1ccc(C(F)(F)F)cc1. The molecule has 4 rings (SSSR count). The fourth-order valence-corrected chi connectivity index (χ4v) is 6.17. The fourth-order valence-electron chi connectivity index (χ4n) is 4.51. The van der Waals surface area contributed by atoms with Gasteiger partial charge in [0.1, 0.15) is 5.41 Å². The highest BCUT2D eigenvalue weighted by Gasteiger charge is 2.65. The maximum absolute atomic E-state index is 13.6. The van der Waals surface area contributed by atoms with Crippen LogP contribution in [0, 0.1) is 10.1 Å². The van der Waals surface area contributed by atoms with E-state index in [4.69, 9.17) is 0 Å². The first-order chi connectivity index (χ1) is 16.4. The van der Waals surface area contributed by atoms with Crippen molar-refractivity contribution in [1.82, 2.24) is 4.31 Å². The standard InChI is InChI=1S/C24H19F3N2O5S/c1-2-23(17-6-4-3-5-7-17)21(16-8-10-18(11-9-16)24(25,26)27)28(22(23)30)35(33,34)20-14-12-19(13-15-20)29(31)32/h3-15,21H,2H2,1H3/t21-,23-/m0/s1. The lowest BCUT2D eigenvalue weighted by atomic mass is 9.63. The van der Waals surface area contributed by atoms with E-state index in [2.05, 4.69) is 0 Å². The number of non-ortho nitro benzene ring substituents is 1. The molecule has 11 heteroatoms. The molecular formula is C24H19F3N2O5S. The largest absolute Gasteiger partial charge is 0.416 e. The molecule has 0 aromatic heterocycles. The number of alkyl halides is 3. The molecule has 0 bridgehead atoms. The van der Waals surface area contributed by atoms with Gasteiger partial charge < -0.3 is 0 Å². The third-order valence-electron chi connectivity index (χ3n) is 6.29. The van der Waals surface area contributed by atoms with Gasteiger partial charge in [0.15, 0.2) is 0 Å². The number of nitro benzene ring substituents is 1. The van der Waals surface area contributed by atoms with Crippen LogP contribution in [-0.2, 0) is 26.4 Å². The van der Waals surface area contributed by atoms with Gasteiger partial charge >= 0.3 is 6.18 Å². The molecule has 1 aliphatic heterocycles. The van der Waals surface area contributed by atoms with E-state index in [9.17, 15) is 36.5 Å². The van der Waals surface area contributed by atoms with Crippen molar-refractivity contribution in [3.05, 3.63) is 106 Å². The van der Waals surface area contributed by atoms with Crippen LogP contribution in [-0.4, -0.2) is 23.6 Å². The first-order valence-corrected chi connectivity index (χ1v) is 11.9. The Bertz CT molecular complexity index is 1380.